The average Bonchev–Trinajstić information content (AvgIpc) is 2.80. The molecule has 1 atom stereocenters. The molecule has 96 valence electrons. The lowest BCUT2D eigenvalue weighted by Crippen LogP contribution is -2.22. The minimum atomic E-state index is -0.216. The van der Waals surface area contributed by atoms with Crippen molar-refractivity contribution < 1.29 is 4.39 Å². The zero-order chi connectivity index (χ0) is 13.0. The van der Waals surface area contributed by atoms with Gasteiger partial charge in [0.2, 0.25) is 0 Å². The molecule has 18 heavy (non-hydrogen) atoms. The second kappa shape index (κ2) is 6.41. The Morgan fingerprint density at radius 2 is 2.28 bits per heavy atom. The van der Waals surface area contributed by atoms with Crippen molar-refractivity contribution >= 4 is 27.3 Å². The molecule has 0 aliphatic rings. The van der Waals surface area contributed by atoms with Gasteiger partial charge >= 0.3 is 0 Å². The van der Waals surface area contributed by atoms with Gasteiger partial charge in [-0.1, -0.05) is 22.9 Å². The number of likely N-dealkylation sites (N-methyl/N-ethyl adjacent to an activating group) is 1. The van der Waals surface area contributed by atoms with Crippen molar-refractivity contribution in [1.29, 1.82) is 0 Å². The molecule has 0 fully saturated rings. The summed E-state index contributed by atoms with van der Waals surface area (Å²) >= 11 is 4.96. The number of nitrogens with zero attached hydrogens (tertiary/aromatic N) is 1. The molecule has 2 aromatic rings. The van der Waals surface area contributed by atoms with Gasteiger partial charge in [-0.25, -0.2) is 4.39 Å². The fourth-order valence-electron chi connectivity index (χ4n) is 1.87. The number of benzene rings is 1. The minimum absolute atomic E-state index is 0.113. The number of halogens is 2. The molecule has 0 amide bonds. The van der Waals surface area contributed by atoms with Gasteiger partial charge in [0, 0.05) is 28.0 Å². The molecule has 5 heteroatoms. The molecule has 0 bridgehead atoms. The van der Waals surface area contributed by atoms with Crippen LogP contribution in [0, 0.1) is 5.82 Å². The molecule has 0 saturated carbocycles. The molecule has 2 nitrogen and oxygen atoms in total. The van der Waals surface area contributed by atoms with Gasteiger partial charge in [-0.05, 0) is 30.3 Å². The van der Waals surface area contributed by atoms with Gasteiger partial charge in [0.15, 0.2) is 0 Å². The quantitative estimate of drug-likeness (QED) is 0.899. The Hall–Kier alpha value is -0.780. The van der Waals surface area contributed by atoms with Gasteiger partial charge in [0.05, 0.1) is 5.51 Å². The topological polar surface area (TPSA) is 24.9 Å². The first-order chi connectivity index (χ1) is 8.69. The molecule has 0 saturated heterocycles. The largest absolute Gasteiger partial charge is 0.310 e. The second-order valence-corrected chi connectivity index (χ2v) is 5.87. The first-order valence-electron chi connectivity index (χ1n) is 5.75. The number of thiazole rings is 1. The summed E-state index contributed by atoms with van der Waals surface area (Å²) in [5.41, 5.74) is 2.77. The Labute approximate surface area is 118 Å². The van der Waals surface area contributed by atoms with Crippen LogP contribution in [-0.2, 0) is 6.42 Å². The number of hydrogen-bond acceptors (Lipinski definition) is 3. The summed E-state index contributed by atoms with van der Waals surface area (Å²) in [5.74, 6) is -0.216. The third-order valence-electron chi connectivity index (χ3n) is 2.63. The summed E-state index contributed by atoms with van der Waals surface area (Å²) in [7, 11) is 0. The van der Waals surface area contributed by atoms with Crippen LogP contribution in [0.2, 0.25) is 0 Å². The van der Waals surface area contributed by atoms with Crippen molar-refractivity contribution in [3.63, 3.8) is 0 Å². The molecule has 0 spiro atoms. The summed E-state index contributed by atoms with van der Waals surface area (Å²) in [6.45, 7) is 2.89. The third-order valence-corrected chi connectivity index (χ3v) is 3.89. The Kier molecular flexibility index (Phi) is 4.86. The van der Waals surface area contributed by atoms with E-state index in [2.05, 4.69) is 26.2 Å². The Bertz CT molecular complexity index is 481. The van der Waals surface area contributed by atoms with Gasteiger partial charge in [0.1, 0.15) is 5.82 Å². The zero-order valence-electron chi connectivity index (χ0n) is 9.99. The van der Waals surface area contributed by atoms with Crippen molar-refractivity contribution in [1.82, 2.24) is 10.3 Å². The highest BCUT2D eigenvalue weighted by molar-refractivity contribution is 9.10. The average molecular weight is 329 g/mol. The predicted molar refractivity (Wildman–Crippen MR) is 76.3 cm³/mol. The lowest BCUT2D eigenvalue weighted by Gasteiger charge is -2.18. The highest BCUT2D eigenvalue weighted by atomic mass is 79.9. The number of aromatic nitrogens is 1. The van der Waals surface area contributed by atoms with Crippen LogP contribution in [0.3, 0.4) is 0 Å². The zero-order valence-corrected chi connectivity index (χ0v) is 12.4. The molecule has 1 aromatic heterocycles. The van der Waals surface area contributed by atoms with Crippen LogP contribution in [0.4, 0.5) is 4.39 Å². The van der Waals surface area contributed by atoms with E-state index in [0.717, 1.165) is 23.0 Å². The maximum Gasteiger partial charge on any atom is 0.124 e. The SMILES string of the molecule is CCNC(Cc1cncs1)c1cc(F)cc(Br)c1. The van der Waals surface area contributed by atoms with E-state index in [9.17, 15) is 4.39 Å². The van der Waals surface area contributed by atoms with Crippen molar-refractivity contribution in [3.8, 4) is 0 Å². The monoisotopic (exact) mass is 328 g/mol. The normalized spacial score (nSPS) is 12.6. The van der Waals surface area contributed by atoms with E-state index in [1.54, 1.807) is 17.4 Å². The Morgan fingerprint density at radius 3 is 2.89 bits per heavy atom. The van der Waals surface area contributed by atoms with Gasteiger partial charge in [-0.15, -0.1) is 11.3 Å². The van der Waals surface area contributed by atoms with Crippen molar-refractivity contribution in [2.45, 2.75) is 19.4 Å². The predicted octanol–water partition coefficient (Wildman–Crippen LogP) is 3.94. The smallest absolute Gasteiger partial charge is 0.124 e. The van der Waals surface area contributed by atoms with Crippen molar-refractivity contribution in [3.05, 3.63) is 50.6 Å². The maximum absolute atomic E-state index is 13.4. The van der Waals surface area contributed by atoms with Crippen LogP contribution < -0.4 is 5.32 Å². The van der Waals surface area contributed by atoms with Crippen LogP contribution in [0.1, 0.15) is 23.4 Å². The van der Waals surface area contributed by atoms with Crippen LogP contribution in [0.5, 0.6) is 0 Å². The van der Waals surface area contributed by atoms with Gasteiger partial charge in [0.25, 0.3) is 0 Å². The van der Waals surface area contributed by atoms with Crippen molar-refractivity contribution in [2.75, 3.05) is 6.54 Å². The fraction of sp³-hybridized carbons (Fsp3) is 0.308. The Balaban J connectivity index is 2.23. The van der Waals surface area contributed by atoms with Crippen molar-refractivity contribution in [2.24, 2.45) is 0 Å². The molecule has 1 N–H and O–H groups in total. The van der Waals surface area contributed by atoms with Crippen LogP contribution in [0.25, 0.3) is 0 Å². The summed E-state index contributed by atoms with van der Waals surface area (Å²) in [4.78, 5) is 5.27. The first kappa shape index (κ1) is 13.6. The van der Waals surface area contributed by atoms with E-state index in [-0.39, 0.29) is 11.9 Å². The van der Waals surface area contributed by atoms with E-state index < -0.39 is 0 Å². The molecular formula is C13H14BrFN2S. The van der Waals surface area contributed by atoms with E-state index >= 15 is 0 Å². The minimum Gasteiger partial charge on any atom is -0.310 e. The van der Waals surface area contributed by atoms with Gasteiger partial charge in [-0.3, -0.25) is 4.98 Å². The molecule has 0 aliphatic carbocycles. The third kappa shape index (κ3) is 3.60. The lowest BCUT2D eigenvalue weighted by molar-refractivity contribution is 0.545. The number of hydrogen-bond donors (Lipinski definition) is 1. The number of rotatable bonds is 5. The summed E-state index contributed by atoms with van der Waals surface area (Å²) < 4.78 is 14.2. The van der Waals surface area contributed by atoms with E-state index in [1.165, 1.54) is 10.9 Å². The Morgan fingerprint density at radius 1 is 1.44 bits per heavy atom. The highest BCUT2D eigenvalue weighted by Gasteiger charge is 2.13. The maximum atomic E-state index is 13.4. The first-order valence-corrected chi connectivity index (χ1v) is 7.43. The van der Waals surface area contributed by atoms with Crippen LogP contribution >= 0.6 is 27.3 Å². The standard InChI is InChI=1S/C13H14BrFN2S/c1-2-17-13(6-12-7-16-8-18-12)9-3-10(14)5-11(15)4-9/h3-5,7-8,13,17H,2,6H2,1H3. The summed E-state index contributed by atoms with van der Waals surface area (Å²) in [5, 5.41) is 3.38. The van der Waals surface area contributed by atoms with Gasteiger partial charge in [-0.2, -0.15) is 0 Å². The summed E-state index contributed by atoms with van der Waals surface area (Å²) in [6, 6.07) is 5.12. The molecule has 1 heterocycles. The second-order valence-electron chi connectivity index (χ2n) is 3.98. The van der Waals surface area contributed by atoms with Crippen LogP contribution in [-0.4, -0.2) is 11.5 Å². The fourth-order valence-corrected chi connectivity index (χ4v) is 3.00. The van der Waals surface area contributed by atoms with E-state index in [0.29, 0.717) is 0 Å². The molecular weight excluding hydrogens is 315 g/mol. The van der Waals surface area contributed by atoms with Crippen LogP contribution in [0.15, 0.2) is 34.4 Å². The van der Waals surface area contributed by atoms with Gasteiger partial charge < -0.3 is 5.32 Å². The molecule has 1 unspecified atom stereocenters. The molecule has 1 aromatic carbocycles. The number of nitrogens with one attached hydrogen (secondary N) is 1. The van der Waals surface area contributed by atoms with E-state index in [1.807, 2.05) is 24.7 Å². The van der Waals surface area contributed by atoms with E-state index in [4.69, 9.17) is 0 Å². The molecule has 0 aliphatic heterocycles. The molecule has 0 radical (unpaired) electrons. The summed E-state index contributed by atoms with van der Waals surface area (Å²) in [6.07, 6.45) is 2.69. The lowest BCUT2D eigenvalue weighted by atomic mass is 10.0. The molecule has 2 rings (SSSR count). The highest BCUT2D eigenvalue weighted by Crippen LogP contribution is 2.24.